The molecule has 1 N–H and O–H groups in total. The van der Waals surface area contributed by atoms with Crippen LogP contribution >= 0.6 is 0 Å². The summed E-state index contributed by atoms with van der Waals surface area (Å²) in [6.45, 7) is 2.84. The Kier molecular flexibility index (Phi) is 5.55. The van der Waals surface area contributed by atoms with Crippen molar-refractivity contribution >= 4 is 15.7 Å². The van der Waals surface area contributed by atoms with E-state index in [0.29, 0.717) is 19.4 Å². The van der Waals surface area contributed by atoms with Crippen LogP contribution in [0.1, 0.15) is 48.8 Å². The van der Waals surface area contributed by atoms with Gasteiger partial charge in [0.1, 0.15) is 9.84 Å². The van der Waals surface area contributed by atoms with Crippen molar-refractivity contribution < 1.29 is 13.2 Å². The highest BCUT2D eigenvalue weighted by Gasteiger charge is 2.28. The molecule has 2 aliphatic heterocycles. The first kappa shape index (κ1) is 18.9. The Hall–Kier alpha value is -1.40. The number of rotatable bonds is 4. The van der Waals surface area contributed by atoms with Gasteiger partial charge in [0.15, 0.2) is 0 Å². The molecule has 5 nitrogen and oxygen atoms in total. The van der Waals surface area contributed by atoms with Crippen LogP contribution < -0.4 is 5.32 Å². The number of sulfone groups is 1. The third-order valence-electron chi connectivity index (χ3n) is 6.59. The van der Waals surface area contributed by atoms with Gasteiger partial charge in [0, 0.05) is 31.6 Å². The van der Waals surface area contributed by atoms with Crippen LogP contribution in [0.3, 0.4) is 0 Å². The van der Waals surface area contributed by atoms with Gasteiger partial charge in [-0.1, -0.05) is 24.6 Å². The fourth-order valence-corrected chi connectivity index (χ4v) is 6.00. The molecule has 1 saturated heterocycles. The molecule has 0 bridgehead atoms. The van der Waals surface area contributed by atoms with Gasteiger partial charge in [-0.3, -0.25) is 9.69 Å². The van der Waals surface area contributed by atoms with Crippen molar-refractivity contribution in [3.63, 3.8) is 0 Å². The van der Waals surface area contributed by atoms with Crippen LogP contribution in [0, 0.1) is 5.92 Å². The predicted molar refractivity (Wildman–Crippen MR) is 106 cm³/mol. The minimum absolute atomic E-state index is 0.00370. The maximum atomic E-state index is 12.4. The Morgan fingerprint density at radius 2 is 1.74 bits per heavy atom. The van der Waals surface area contributed by atoms with Crippen LogP contribution in [-0.4, -0.2) is 49.9 Å². The van der Waals surface area contributed by atoms with E-state index in [0.717, 1.165) is 31.0 Å². The van der Waals surface area contributed by atoms with E-state index in [2.05, 4.69) is 28.4 Å². The predicted octanol–water partition coefficient (Wildman–Crippen LogP) is 2.08. The highest BCUT2D eigenvalue weighted by molar-refractivity contribution is 7.91. The van der Waals surface area contributed by atoms with Gasteiger partial charge in [-0.25, -0.2) is 8.42 Å². The minimum atomic E-state index is -2.92. The van der Waals surface area contributed by atoms with E-state index in [9.17, 15) is 13.2 Å². The van der Waals surface area contributed by atoms with Crippen LogP contribution in [0.5, 0.6) is 0 Å². The van der Waals surface area contributed by atoms with E-state index in [4.69, 9.17) is 0 Å². The Morgan fingerprint density at radius 3 is 2.41 bits per heavy atom. The molecule has 2 fully saturated rings. The van der Waals surface area contributed by atoms with E-state index < -0.39 is 9.84 Å². The minimum Gasteiger partial charge on any atom is -0.352 e. The van der Waals surface area contributed by atoms with Gasteiger partial charge in [0.25, 0.3) is 0 Å². The molecule has 1 amide bonds. The summed E-state index contributed by atoms with van der Waals surface area (Å²) < 4.78 is 23.0. The Balaban J connectivity index is 1.32. The zero-order valence-corrected chi connectivity index (χ0v) is 16.8. The van der Waals surface area contributed by atoms with Gasteiger partial charge in [0.05, 0.1) is 11.5 Å². The smallest absolute Gasteiger partial charge is 0.223 e. The van der Waals surface area contributed by atoms with Gasteiger partial charge in [-0.15, -0.1) is 0 Å². The summed E-state index contributed by atoms with van der Waals surface area (Å²) in [6, 6.07) is 7.42. The van der Waals surface area contributed by atoms with Crippen LogP contribution in [0.4, 0.5) is 0 Å². The second-order valence-electron chi connectivity index (χ2n) is 8.37. The maximum Gasteiger partial charge on any atom is 0.223 e. The fraction of sp³-hybridized carbons (Fsp3) is 0.667. The number of amides is 1. The molecule has 1 saturated carbocycles. The van der Waals surface area contributed by atoms with Crippen molar-refractivity contribution in [1.82, 2.24) is 10.2 Å². The lowest BCUT2D eigenvalue weighted by atomic mass is 9.91. The van der Waals surface area contributed by atoms with Crippen molar-refractivity contribution in [1.29, 1.82) is 0 Å². The van der Waals surface area contributed by atoms with E-state index in [1.165, 1.54) is 36.9 Å². The molecule has 3 aliphatic rings. The molecule has 1 aromatic rings. The number of hydrogen-bond acceptors (Lipinski definition) is 4. The quantitative estimate of drug-likeness (QED) is 0.855. The van der Waals surface area contributed by atoms with Gasteiger partial charge < -0.3 is 5.32 Å². The van der Waals surface area contributed by atoms with Crippen molar-refractivity contribution in [2.45, 2.75) is 57.5 Å². The summed E-state index contributed by atoms with van der Waals surface area (Å²) in [6.07, 6.45) is 7.21. The van der Waals surface area contributed by atoms with Crippen LogP contribution in [0.2, 0.25) is 0 Å². The zero-order valence-electron chi connectivity index (χ0n) is 16.0. The van der Waals surface area contributed by atoms with Gasteiger partial charge in [-0.05, 0) is 55.2 Å². The monoisotopic (exact) mass is 390 g/mol. The Bertz CT molecular complexity index is 788. The molecule has 27 heavy (non-hydrogen) atoms. The molecule has 6 heteroatoms. The van der Waals surface area contributed by atoms with E-state index in [1.807, 2.05) is 0 Å². The summed E-state index contributed by atoms with van der Waals surface area (Å²) in [5, 5.41) is 3.02. The summed E-state index contributed by atoms with van der Waals surface area (Å²) in [7, 11) is -2.92. The lowest BCUT2D eigenvalue weighted by Gasteiger charge is -2.36. The molecule has 0 aromatic heterocycles. The number of benzene rings is 1. The number of nitrogens with zero attached hydrogens (tertiary/aromatic N) is 1. The van der Waals surface area contributed by atoms with Gasteiger partial charge in [0.2, 0.25) is 5.91 Å². The summed E-state index contributed by atoms with van der Waals surface area (Å²) in [5.74, 6) is 0.115. The number of hydrogen-bond donors (Lipinski definition) is 1. The first-order valence-corrected chi connectivity index (χ1v) is 12.2. The lowest BCUT2D eigenvalue weighted by Crippen LogP contribution is -2.41. The van der Waals surface area contributed by atoms with Crippen LogP contribution in [0.15, 0.2) is 18.2 Å². The van der Waals surface area contributed by atoms with Crippen molar-refractivity contribution in [2.24, 2.45) is 5.92 Å². The van der Waals surface area contributed by atoms with E-state index in [-0.39, 0.29) is 23.3 Å². The Labute approximate surface area is 162 Å². The highest BCUT2D eigenvalue weighted by Crippen LogP contribution is 2.27. The van der Waals surface area contributed by atoms with Crippen molar-refractivity contribution in [3.05, 3.63) is 34.9 Å². The molecule has 0 unspecified atom stereocenters. The molecule has 4 rings (SSSR count). The fourth-order valence-electron chi connectivity index (χ4n) is 4.51. The third-order valence-corrected chi connectivity index (χ3v) is 8.31. The number of fused-ring (bicyclic) bond motifs is 1. The molecule has 0 radical (unpaired) electrons. The molecule has 1 aromatic carbocycles. The third kappa shape index (κ3) is 4.54. The largest absolute Gasteiger partial charge is 0.352 e. The van der Waals surface area contributed by atoms with E-state index >= 15 is 0 Å². The van der Waals surface area contributed by atoms with Crippen molar-refractivity contribution in [2.75, 3.05) is 24.6 Å². The van der Waals surface area contributed by atoms with Crippen LogP contribution in [0.25, 0.3) is 0 Å². The van der Waals surface area contributed by atoms with Crippen LogP contribution in [-0.2, 0) is 34.0 Å². The number of carbonyl (C=O) groups is 1. The number of nitrogens with one attached hydrogen (secondary N) is 1. The lowest BCUT2D eigenvalue weighted by molar-refractivity contribution is -0.125. The first-order chi connectivity index (χ1) is 13.0. The summed E-state index contributed by atoms with van der Waals surface area (Å²) in [4.78, 5) is 15.0. The molecule has 0 atom stereocenters. The van der Waals surface area contributed by atoms with Crippen molar-refractivity contribution in [3.8, 4) is 0 Å². The first-order valence-electron chi connectivity index (χ1n) is 10.3. The zero-order chi connectivity index (χ0) is 18.9. The normalized spacial score (nSPS) is 23.9. The average Bonchev–Trinajstić information content (AvgIpc) is 2.81. The second-order valence-corrected chi connectivity index (χ2v) is 10.7. The standard InChI is InChI=1S/C21H30N2O3S/c24-21(18-8-12-27(25,26)13-9-18)22-15-16-4-5-17-6-10-23(20-2-1-3-20)11-7-19(17)14-16/h4-5,14,18,20H,1-3,6-13,15H2,(H,22,24). The van der Waals surface area contributed by atoms with Gasteiger partial charge >= 0.3 is 0 Å². The SMILES string of the molecule is O=C(NCc1ccc2c(c1)CCN(C1CCC1)CC2)C1CCS(=O)(=O)CC1. The summed E-state index contributed by atoms with van der Waals surface area (Å²) in [5.41, 5.74) is 4.01. The highest BCUT2D eigenvalue weighted by atomic mass is 32.2. The molecule has 1 aliphatic carbocycles. The Morgan fingerprint density at radius 1 is 1.04 bits per heavy atom. The molecule has 2 heterocycles. The number of carbonyl (C=O) groups excluding carboxylic acids is 1. The maximum absolute atomic E-state index is 12.4. The average molecular weight is 391 g/mol. The molecular formula is C21H30N2O3S. The van der Waals surface area contributed by atoms with Gasteiger partial charge in [-0.2, -0.15) is 0 Å². The second kappa shape index (κ2) is 7.92. The summed E-state index contributed by atoms with van der Waals surface area (Å²) >= 11 is 0. The molecule has 0 spiro atoms. The van der Waals surface area contributed by atoms with E-state index in [1.54, 1.807) is 0 Å². The molecule has 148 valence electrons. The topological polar surface area (TPSA) is 66.5 Å². The molecular weight excluding hydrogens is 360 g/mol.